The lowest BCUT2D eigenvalue weighted by atomic mass is 10.2. The molecule has 2 aromatic carbocycles. The number of hydrogen-bond donors (Lipinski definition) is 2. The molecule has 0 spiro atoms. The summed E-state index contributed by atoms with van der Waals surface area (Å²) in [5, 5.41) is 12.3. The average Bonchev–Trinajstić information content (AvgIpc) is 2.70. The van der Waals surface area contributed by atoms with E-state index in [1.807, 2.05) is 24.3 Å². The molecule has 0 aliphatic rings. The third-order valence-electron chi connectivity index (χ3n) is 3.65. The lowest BCUT2D eigenvalue weighted by Crippen LogP contribution is -2.42. The predicted molar refractivity (Wildman–Crippen MR) is 104 cm³/mol. The zero-order valence-electron chi connectivity index (χ0n) is 14.7. The van der Waals surface area contributed by atoms with E-state index in [0.29, 0.717) is 10.9 Å². The monoisotopic (exact) mass is 397 g/mol. The Kier molecular flexibility index (Phi) is 5.80. The average molecular weight is 397 g/mol. The van der Waals surface area contributed by atoms with Crippen molar-refractivity contribution in [3.05, 3.63) is 70.0 Å². The Morgan fingerprint density at radius 2 is 1.89 bits per heavy atom. The summed E-state index contributed by atoms with van der Waals surface area (Å²) in [5.74, 6) is -0.467. The van der Waals surface area contributed by atoms with Gasteiger partial charge in [-0.2, -0.15) is 0 Å². The Labute approximate surface area is 163 Å². The van der Waals surface area contributed by atoms with Gasteiger partial charge in [0, 0.05) is 23.1 Å². The first kappa shape index (κ1) is 19.2. The van der Waals surface area contributed by atoms with Gasteiger partial charge in [0.15, 0.2) is 0 Å². The van der Waals surface area contributed by atoms with Gasteiger partial charge in [-0.05, 0) is 19.1 Å². The van der Waals surface area contributed by atoms with Crippen LogP contribution in [0.15, 0.2) is 53.6 Å². The number of carbonyl (C=O) groups excluding carboxylic acids is 2. The van der Waals surface area contributed by atoms with Crippen LogP contribution in [-0.2, 0) is 4.79 Å². The van der Waals surface area contributed by atoms with E-state index in [-0.39, 0.29) is 17.0 Å². The molecule has 0 unspecified atom stereocenters. The molecule has 3 rings (SSSR count). The van der Waals surface area contributed by atoms with Gasteiger partial charge in [-0.15, -0.1) is 0 Å². The van der Waals surface area contributed by atoms with Gasteiger partial charge in [0.2, 0.25) is 5.91 Å². The number of hydrogen-bond acceptors (Lipinski definition) is 7. The van der Waals surface area contributed by atoms with E-state index >= 15 is 0 Å². The Balaban J connectivity index is 1.59. The smallest absolute Gasteiger partial charge is 0.270 e. The predicted octanol–water partition coefficient (Wildman–Crippen LogP) is 2.40. The van der Waals surface area contributed by atoms with Crippen LogP contribution in [0.5, 0.6) is 0 Å². The van der Waals surface area contributed by atoms with Crippen molar-refractivity contribution in [2.75, 3.05) is 5.75 Å². The number of fused-ring (bicyclic) bond motifs is 1. The normalized spacial score (nSPS) is 10.5. The fourth-order valence-electron chi connectivity index (χ4n) is 2.40. The van der Waals surface area contributed by atoms with Crippen molar-refractivity contribution in [2.45, 2.75) is 11.9 Å². The Bertz CT molecular complexity index is 1070. The molecule has 2 N–H and O–H groups in total. The maximum atomic E-state index is 12.1. The number of benzene rings is 2. The minimum Gasteiger partial charge on any atom is -0.272 e. The van der Waals surface area contributed by atoms with Gasteiger partial charge in [0.05, 0.1) is 16.2 Å². The van der Waals surface area contributed by atoms with Crippen LogP contribution in [0, 0.1) is 17.0 Å². The summed E-state index contributed by atoms with van der Waals surface area (Å²) in [4.78, 5) is 43.0. The van der Waals surface area contributed by atoms with E-state index < -0.39 is 16.7 Å². The summed E-state index contributed by atoms with van der Waals surface area (Å²) in [6.45, 7) is 1.77. The fraction of sp³-hybridized carbons (Fsp3) is 0.111. The van der Waals surface area contributed by atoms with Crippen LogP contribution in [0.2, 0.25) is 0 Å². The molecular weight excluding hydrogens is 382 g/mol. The molecule has 0 fully saturated rings. The van der Waals surface area contributed by atoms with Crippen molar-refractivity contribution < 1.29 is 14.5 Å². The van der Waals surface area contributed by atoms with Crippen LogP contribution in [0.3, 0.4) is 0 Å². The molecule has 2 amide bonds. The van der Waals surface area contributed by atoms with Crippen LogP contribution >= 0.6 is 11.8 Å². The van der Waals surface area contributed by atoms with Crippen molar-refractivity contribution in [2.24, 2.45) is 0 Å². The summed E-state index contributed by atoms with van der Waals surface area (Å²) in [5.41, 5.74) is 5.18. The fourth-order valence-corrected chi connectivity index (χ4v) is 3.26. The van der Waals surface area contributed by atoms with Crippen LogP contribution in [0.1, 0.15) is 16.2 Å². The molecule has 0 atom stereocenters. The third-order valence-corrected chi connectivity index (χ3v) is 4.65. The number of nitro groups is 1. The number of thioether (sulfide) groups is 1. The number of amides is 2. The van der Waals surface area contributed by atoms with Crippen LogP contribution in [0.4, 0.5) is 5.69 Å². The van der Waals surface area contributed by atoms with Crippen molar-refractivity contribution in [3.8, 4) is 0 Å². The van der Waals surface area contributed by atoms with Crippen LogP contribution in [0.25, 0.3) is 10.9 Å². The Morgan fingerprint density at radius 3 is 2.68 bits per heavy atom. The van der Waals surface area contributed by atoms with E-state index in [9.17, 15) is 19.7 Å². The van der Waals surface area contributed by atoms with E-state index in [2.05, 4.69) is 20.8 Å². The first-order valence-electron chi connectivity index (χ1n) is 8.14. The molecule has 0 bridgehead atoms. The summed E-state index contributed by atoms with van der Waals surface area (Å²) in [6.07, 6.45) is 0. The molecule has 28 heavy (non-hydrogen) atoms. The number of aryl methyl sites for hydroxylation is 1. The minimum atomic E-state index is -0.648. The number of carbonyl (C=O) groups is 2. The van der Waals surface area contributed by atoms with E-state index in [1.165, 1.54) is 30.0 Å². The summed E-state index contributed by atoms with van der Waals surface area (Å²) >= 11 is 1.22. The SMILES string of the molecule is Cc1nc(SCC(=O)NNC(=O)c2cccc([N+](=O)[O-])c2)c2ccccc2n1. The largest absolute Gasteiger partial charge is 0.272 e. The lowest BCUT2D eigenvalue weighted by molar-refractivity contribution is -0.384. The van der Waals surface area contributed by atoms with Crippen molar-refractivity contribution in [1.29, 1.82) is 0 Å². The molecule has 1 aromatic heterocycles. The molecule has 1 heterocycles. The zero-order valence-corrected chi connectivity index (χ0v) is 15.5. The number of rotatable bonds is 5. The summed E-state index contributed by atoms with van der Waals surface area (Å²) < 4.78 is 0. The quantitative estimate of drug-likeness (QED) is 0.293. The number of para-hydroxylation sites is 1. The van der Waals surface area contributed by atoms with E-state index in [0.717, 1.165) is 17.0 Å². The molecule has 142 valence electrons. The summed E-state index contributed by atoms with van der Waals surface area (Å²) in [7, 11) is 0. The number of nitrogens with one attached hydrogen (secondary N) is 2. The second-order valence-electron chi connectivity index (χ2n) is 5.69. The summed E-state index contributed by atoms with van der Waals surface area (Å²) in [6, 6.07) is 12.7. The van der Waals surface area contributed by atoms with Crippen LogP contribution in [-0.4, -0.2) is 32.5 Å². The lowest BCUT2D eigenvalue weighted by Gasteiger charge is -2.08. The first-order valence-corrected chi connectivity index (χ1v) is 9.12. The number of aromatic nitrogens is 2. The maximum absolute atomic E-state index is 12.1. The van der Waals surface area contributed by atoms with Gasteiger partial charge in [-0.1, -0.05) is 36.0 Å². The topological polar surface area (TPSA) is 127 Å². The standard InChI is InChI=1S/C18H15N5O4S/c1-11-19-15-8-3-2-7-14(15)18(20-11)28-10-16(24)21-22-17(25)12-5-4-6-13(9-12)23(26)27/h2-9H,10H2,1H3,(H,21,24)(H,22,25). The number of nitro benzene ring substituents is 1. The van der Waals surface area contributed by atoms with E-state index in [1.54, 1.807) is 6.92 Å². The third kappa shape index (κ3) is 4.60. The second-order valence-corrected chi connectivity index (χ2v) is 6.66. The number of nitrogens with zero attached hydrogens (tertiary/aromatic N) is 3. The Morgan fingerprint density at radius 1 is 1.11 bits per heavy atom. The maximum Gasteiger partial charge on any atom is 0.270 e. The molecule has 3 aromatic rings. The number of hydrazine groups is 1. The molecule has 0 saturated heterocycles. The molecule has 0 radical (unpaired) electrons. The first-order chi connectivity index (χ1) is 13.4. The van der Waals surface area contributed by atoms with Gasteiger partial charge < -0.3 is 0 Å². The van der Waals surface area contributed by atoms with Crippen molar-refractivity contribution >= 4 is 40.2 Å². The van der Waals surface area contributed by atoms with Crippen LogP contribution < -0.4 is 10.9 Å². The van der Waals surface area contributed by atoms with Gasteiger partial charge in [-0.25, -0.2) is 9.97 Å². The minimum absolute atomic E-state index is 0.0235. The molecule has 0 aliphatic heterocycles. The van der Waals surface area contributed by atoms with Gasteiger partial charge >= 0.3 is 0 Å². The highest BCUT2D eigenvalue weighted by molar-refractivity contribution is 8.00. The second kappa shape index (κ2) is 8.44. The van der Waals surface area contributed by atoms with E-state index in [4.69, 9.17) is 0 Å². The van der Waals surface area contributed by atoms with Gasteiger partial charge in [0.25, 0.3) is 11.6 Å². The highest BCUT2D eigenvalue weighted by atomic mass is 32.2. The molecule has 0 aliphatic carbocycles. The molecule has 0 saturated carbocycles. The van der Waals surface area contributed by atoms with Gasteiger partial charge in [-0.3, -0.25) is 30.6 Å². The number of non-ortho nitro benzene ring substituents is 1. The zero-order chi connectivity index (χ0) is 20.1. The molecule has 10 heteroatoms. The highest BCUT2D eigenvalue weighted by Gasteiger charge is 2.13. The Hall–Kier alpha value is -3.53. The molecule has 9 nitrogen and oxygen atoms in total. The van der Waals surface area contributed by atoms with Crippen molar-refractivity contribution in [1.82, 2.24) is 20.8 Å². The van der Waals surface area contributed by atoms with Gasteiger partial charge in [0.1, 0.15) is 10.9 Å². The van der Waals surface area contributed by atoms with Crippen molar-refractivity contribution in [3.63, 3.8) is 0 Å². The highest BCUT2D eigenvalue weighted by Crippen LogP contribution is 2.24. The molecular formula is C18H15N5O4S.